The smallest absolute Gasteiger partial charge is 0.288 e. The second-order valence-corrected chi connectivity index (χ2v) is 1.03. The summed E-state index contributed by atoms with van der Waals surface area (Å²) in [7, 11) is 0. The molecule has 0 saturated carbocycles. The first-order valence-electron chi connectivity index (χ1n) is 1.78. The van der Waals surface area contributed by atoms with Gasteiger partial charge in [0, 0.05) is 0 Å². The number of hydrogen-bond donors (Lipinski definition) is 0. The van der Waals surface area contributed by atoms with Crippen molar-refractivity contribution in [1.82, 2.24) is 0 Å². The van der Waals surface area contributed by atoms with E-state index in [1.807, 2.05) is 0 Å². The highest BCUT2D eigenvalue weighted by atomic mass is 19.3. The van der Waals surface area contributed by atoms with Crippen molar-refractivity contribution in [1.29, 1.82) is 0 Å². The Morgan fingerprint density at radius 2 is 2.00 bits per heavy atom. The number of hydrogen-bond acceptors (Lipinski definition) is 1. The van der Waals surface area contributed by atoms with Gasteiger partial charge in [0.2, 0.25) is 0 Å². The van der Waals surface area contributed by atoms with Gasteiger partial charge in [-0.2, -0.15) is 8.78 Å². The molecule has 1 radical (unpaired) electrons. The van der Waals surface area contributed by atoms with Crippen LogP contribution in [-0.2, 0) is 9.84 Å². The SMILES string of the molecule is [O]COC(F)(F)CF. The van der Waals surface area contributed by atoms with E-state index in [0.717, 1.165) is 0 Å². The maximum absolute atomic E-state index is 11.4. The molecule has 0 heterocycles. The third-order valence-electron chi connectivity index (χ3n) is 0.426. The highest BCUT2D eigenvalue weighted by molar-refractivity contribution is 4.44. The minimum absolute atomic E-state index is 1.42. The van der Waals surface area contributed by atoms with Gasteiger partial charge in [-0.1, -0.05) is 0 Å². The Bertz CT molecular complexity index is 65.5. The number of alkyl halides is 3. The molecule has 0 aliphatic heterocycles. The fourth-order valence-corrected chi connectivity index (χ4v) is 0.125. The molecule has 0 atom stereocenters. The molecule has 8 heavy (non-hydrogen) atoms. The van der Waals surface area contributed by atoms with Crippen LogP contribution in [0.4, 0.5) is 13.2 Å². The summed E-state index contributed by atoms with van der Waals surface area (Å²) < 4.78 is 36.8. The van der Waals surface area contributed by atoms with Crippen LogP contribution in [0.3, 0.4) is 0 Å². The summed E-state index contributed by atoms with van der Waals surface area (Å²) in [6.07, 6.45) is -3.89. The summed E-state index contributed by atoms with van der Waals surface area (Å²) in [6.45, 7) is -3.37. The Morgan fingerprint density at radius 1 is 1.50 bits per heavy atom. The van der Waals surface area contributed by atoms with Crippen molar-refractivity contribution < 1.29 is 23.0 Å². The summed E-state index contributed by atoms with van der Waals surface area (Å²) in [5, 5.41) is 9.24. The maximum Gasteiger partial charge on any atom is 0.386 e. The molecule has 5 heteroatoms. The van der Waals surface area contributed by atoms with Gasteiger partial charge in [-0.05, 0) is 0 Å². The van der Waals surface area contributed by atoms with Crippen molar-refractivity contribution >= 4 is 0 Å². The van der Waals surface area contributed by atoms with E-state index in [-0.39, 0.29) is 0 Å². The quantitative estimate of drug-likeness (QED) is 0.521. The van der Waals surface area contributed by atoms with Gasteiger partial charge >= 0.3 is 6.11 Å². The molecule has 0 saturated heterocycles. The zero-order chi connectivity index (χ0) is 6.62. The Labute approximate surface area is 43.9 Å². The molecule has 0 bridgehead atoms. The van der Waals surface area contributed by atoms with Gasteiger partial charge in [0.15, 0.2) is 13.5 Å². The minimum atomic E-state index is -3.89. The first-order chi connectivity index (χ1) is 3.62. The minimum Gasteiger partial charge on any atom is -0.288 e. The van der Waals surface area contributed by atoms with Crippen LogP contribution in [0.2, 0.25) is 0 Å². The molecule has 0 aromatic heterocycles. The van der Waals surface area contributed by atoms with E-state index in [1.54, 1.807) is 0 Å². The average molecular weight is 129 g/mol. The van der Waals surface area contributed by atoms with Crippen LogP contribution >= 0.6 is 0 Å². The molecule has 49 valence electrons. The van der Waals surface area contributed by atoms with Gasteiger partial charge in [0.05, 0.1) is 0 Å². The van der Waals surface area contributed by atoms with Gasteiger partial charge in [-0.15, -0.1) is 0 Å². The fraction of sp³-hybridized carbons (Fsp3) is 1.00. The Kier molecular flexibility index (Phi) is 2.78. The Balaban J connectivity index is 3.37. The molecule has 0 fully saturated rings. The lowest BCUT2D eigenvalue weighted by molar-refractivity contribution is -0.283. The maximum atomic E-state index is 11.4. The van der Waals surface area contributed by atoms with Crippen molar-refractivity contribution in [2.24, 2.45) is 0 Å². The molecular formula is C3H4F3O2. The van der Waals surface area contributed by atoms with Crippen LogP contribution in [0.15, 0.2) is 0 Å². The van der Waals surface area contributed by atoms with E-state index in [1.165, 1.54) is 0 Å². The first kappa shape index (κ1) is 7.71. The summed E-state index contributed by atoms with van der Waals surface area (Å²) in [6, 6.07) is 0. The van der Waals surface area contributed by atoms with E-state index < -0.39 is 19.6 Å². The summed E-state index contributed by atoms with van der Waals surface area (Å²) >= 11 is 0. The Hall–Kier alpha value is -0.290. The lowest BCUT2D eigenvalue weighted by atomic mass is 10.7. The fourth-order valence-electron chi connectivity index (χ4n) is 0.125. The summed E-state index contributed by atoms with van der Waals surface area (Å²) in [5.74, 6) is 0. The first-order valence-corrected chi connectivity index (χ1v) is 1.78. The normalized spacial score (nSPS) is 12.0. The highest BCUT2D eigenvalue weighted by Crippen LogP contribution is 2.14. The lowest BCUT2D eigenvalue weighted by Crippen LogP contribution is -2.23. The van der Waals surface area contributed by atoms with Crippen LogP contribution in [0.25, 0.3) is 0 Å². The van der Waals surface area contributed by atoms with Crippen molar-refractivity contribution in [3.63, 3.8) is 0 Å². The largest absolute Gasteiger partial charge is 0.386 e. The second-order valence-electron chi connectivity index (χ2n) is 1.03. The highest BCUT2D eigenvalue weighted by Gasteiger charge is 2.29. The topological polar surface area (TPSA) is 29.1 Å². The standard InChI is InChI=1S/C3H4F3O2/c4-1-3(5,6)8-2-7/h1-2H2. The van der Waals surface area contributed by atoms with Crippen LogP contribution < -0.4 is 0 Å². The molecule has 0 aliphatic rings. The van der Waals surface area contributed by atoms with Gasteiger partial charge in [0.25, 0.3) is 0 Å². The number of ether oxygens (including phenoxy) is 1. The molecule has 0 N–H and O–H groups in total. The van der Waals surface area contributed by atoms with Crippen molar-refractivity contribution in [2.75, 3.05) is 13.5 Å². The van der Waals surface area contributed by atoms with Crippen molar-refractivity contribution in [2.45, 2.75) is 6.11 Å². The molecule has 0 spiro atoms. The van der Waals surface area contributed by atoms with Crippen molar-refractivity contribution in [3.8, 4) is 0 Å². The molecule has 0 rings (SSSR count). The number of halogens is 3. The number of rotatable bonds is 3. The Morgan fingerprint density at radius 3 is 2.12 bits per heavy atom. The van der Waals surface area contributed by atoms with Crippen LogP contribution in [-0.4, -0.2) is 19.6 Å². The molecular weight excluding hydrogens is 125 g/mol. The third kappa shape index (κ3) is 2.81. The summed E-state index contributed by atoms with van der Waals surface area (Å²) in [4.78, 5) is 0. The van der Waals surface area contributed by atoms with E-state index in [9.17, 15) is 18.3 Å². The van der Waals surface area contributed by atoms with Gasteiger partial charge in [-0.3, -0.25) is 4.74 Å². The van der Waals surface area contributed by atoms with E-state index in [4.69, 9.17) is 0 Å². The molecule has 0 aromatic rings. The summed E-state index contributed by atoms with van der Waals surface area (Å²) in [5.41, 5.74) is 0. The van der Waals surface area contributed by atoms with E-state index in [0.29, 0.717) is 0 Å². The zero-order valence-electron chi connectivity index (χ0n) is 3.86. The van der Waals surface area contributed by atoms with Gasteiger partial charge < -0.3 is 0 Å². The monoisotopic (exact) mass is 129 g/mol. The molecule has 0 aliphatic carbocycles. The average Bonchev–Trinajstić information content (AvgIpc) is 1.67. The lowest BCUT2D eigenvalue weighted by Gasteiger charge is -2.07. The predicted octanol–water partition coefficient (Wildman–Crippen LogP) is 0.953. The van der Waals surface area contributed by atoms with Crippen LogP contribution in [0.1, 0.15) is 0 Å². The predicted molar refractivity (Wildman–Crippen MR) is 17.6 cm³/mol. The van der Waals surface area contributed by atoms with Gasteiger partial charge in [-0.25, -0.2) is 9.50 Å². The van der Waals surface area contributed by atoms with Gasteiger partial charge in [0.1, 0.15) is 0 Å². The van der Waals surface area contributed by atoms with Crippen LogP contribution in [0, 0.1) is 0 Å². The van der Waals surface area contributed by atoms with E-state index >= 15 is 0 Å². The third-order valence-corrected chi connectivity index (χ3v) is 0.426. The second kappa shape index (κ2) is 2.88. The molecule has 0 amide bonds. The van der Waals surface area contributed by atoms with Crippen molar-refractivity contribution in [3.05, 3.63) is 0 Å². The molecule has 0 unspecified atom stereocenters. The van der Waals surface area contributed by atoms with Crippen LogP contribution in [0.5, 0.6) is 0 Å². The molecule has 0 aromatic carbocycles. The zero-order valence-corrected chi connectivity index (χ0v) is 3.86. The molecule has 2 nitrogen and oxygen atoms in total. The van der Waals surface area contributed by atoms with E-state index in [2.05, 4.69) is 4.74 Å².